The number of ether oxygens (including phenoxy) is 1. The van der Waals surface area contributed by atoms with Crippen molar-refractivity contribution in [3.63, 3.8) is 0 Å². The molecule has 2 rings (SSSR count). The smallest absolute Gasteiger partial charge is 0.303 e. The molecule has 0 aliphatic heterocycles. The summed E-state index contributed by atoms with van der Waals surface area (Å²) in [5.74, 6) is 0.0759. The lowest BCUT2D eigenvalue weighted by atomic mass is 10.1. The Morgan fingerprint density at radius 2 is 2.31 bits per heavy atom. The molecule has 3 nitrogen and oxygen atoms in total. The number of carbonyl (C=O) groups is 1. The van der Waals surface area contributed by atoms with Gasteiger partial charge >= 0.3 is 5.97 Å². The second-order valence-electron chi connectivity index (χ2n) is 3.52. The Labute approximate surface area is 97.3 Å². The predicted molar refractivity (Wildman–Crippen MR) is 64.3 cm³/mol. The highest BCUT2D eigenvalue weighted by Gasteiger charge is 2.06. The molecule has 1 aromatic carbocycles. The summed E-state index contributed by atoms with van der Waals surface area (Å²) in [7, 11) is 1.64. The lowest BCUT2D eigenvalue weighted by Crippen LogP contribution is -1.96. The molecule has 84 valence electrons. The summed E-state index contributed by atoms with van der Waals surface area (Å²) < 4.78 is 6.28. The third-order valence-electron chi connectivity index (χ3n) is 2.47. The van der Waals surface area contributed by atoms with E-state index in [0.717, 1.165) is 21.4 Å². The number of aryl methyl sites for hydroxylation is 1. The lowest BCUT2D eigenvalue weighted by molar-refractivity contribution is -0.136. The van der Waals surface area contributed by atoms with E-state index in [1.54, 1.807) is 18.4 Å². The largest absolute Gasteiger partial charge is 0.497 e. The minimum absolute atomic E-state index is 0.178. The zero-order valence-electron chi connectivity index (χ0n) is 8.90. The van der Waals surface area contributed by atoms with Gasteiger partial charge < -0.3 is 9.84 Å². The van der Waals surface area contributed by atoms with Crippen LogP contribution in [-0.2, 0) is 11.2 Å². The van der Waals surface area contributed by atoms with Gasteiger partial charge in [-0.3, -0.25) is 4.79 Å². The Morgan fingerprint density at radius 3 is 3.00 bits per heavy atom. The number of fused-ring (bicyclic) bond motifs is 1. The normalized spacial score (nSPS) is 10.6. The van der Waals surface area contributed by atoms with E-state index in [4.69, 9.17) is 9.84 Å². The summed E-state index contributed by atoms with van der Waals surface area (Å²) in [5.41, 5.74) is 1.10. The molecule has 0 atom stereocenters. The first kappa shape index (κ1) is 11.0. The van der Waals surface area contributed by atoms with Crippen molar-refractivity contribution in [1.29, 1.82) is 0 Å². The minimum Gasteiger partial charge on any atom is -0.497 e. The van der Waals surface area contributed by atoms with Crippen molar-refractivity contribution in [3.8, 4) is 5.75 Å². The first-order valence-corrected chi connectivity index (χ1v) is 5.84. The summed E-state index contributed by atoms with van der Waals surface area (Å²) in [6, 6.07) is 5.87. The first-order chi connectivity index (χ1) is 7.70. The molecule has 1 N–H and O–H groups in total. The molecule has 0 bridgehead atoms. The van der Waals surface area contributed by atoms with E-state index in [-0.39, 0.29) is 6.42 Å². The number of methoxy groups -OCH3 is 1. The van der Waals surface area contributed by atoms with Crippen LogP contribution < -0.4 is 4.74 Å². The number of carboxylic acid groups (broad SMARTS) is 1. The number of thiophene rings is 1. The molecule has 16 heavy (non-hydrogen) atoms. The molecular formula is C12H12O3S. The molecule has 0 radical (unpaired) electrons. The van der Waals surface area contributed by atoms with E-state index >= 15 is 0 Å². The highest BCUT2D eigenvalue weighted by atomic mass is 32.1. The van der Waals surface area contributed by atoms with Crippen LogP contribution in [0.25, 0.3) is 10.1 Å². The van der Waals surface area contributed by atoms with Crippen molar-refractivity contribution in [2.24, 2.45) is 0 Å². The van der Waals surface area contributed by atoms with E-state index in [9.17, 15) is 4.79 Å². The van der Waals surface area contributed by atoms with Crippen LogP contribution in [0, 0.1) is 0 Å². The third kappa shape index (κ3) is 2.17. The van der Waals surface area contributed by atoms with E-state index in [0.29, 0.717) is 6.42 Å². The Morgan fingerprint density at radius 1 is 1.50 bits per heavy atom. The van der Waals surface area contributed by atoms with Crippen LogP contribution in [-0.4, -0.2) is 18.2 Å². The molecule has 0 saturated carbocycles. The second kappa shape index (κ2) is 4.53. The Kier molecular flexibility index (Phi) is 3.10. The van der Waals surface area contributed by atoms with Gasteiger partial charge in [0.05, 0.1) is 7.11 Å². The fourth-order valence-electron chi connectivity index (χ4n) is 1.63. The third-order valence-corrected chi connectivity index (χ3v) is 3.47. The maximum atomic E-state index is 10.5. The molecule has 2 aromatic rings. The molecule has 0 aliphatic rings. The van der Waals surface area contributed by atoms with Crippen molar-refractivity contribution in [2.45, 2.75) is 12.8 Å². The second-order valence-corrected chi connectivity index (χ2v) is 4.43. The molecule has 4 heteroatoms. The number of rotatable bonds is 4. The van der Waals surface area contributed by atoms with Gasteiger partial charge in [-0.1, -0.05) is 0 Å². The van der Waals surface area contributed by atoms with E-state index in [1.165, 1.54) is 0 Å². The molecule has 0 saturated heterocycles. The molecule has 0 aliphatic carbocycles. The van der Waals surface area contributed by atoms with E-state index in [2.05, 4.69) is 0 Å². The minimum atomic E-state index is -0.757. The van der Waals surface area contributed by atoms with Crippen LogP contribution in [0.2, 0.25) is 0 Å². The predicted octanol–water partition coefficient (Wildman–Crippen LogP) is 2.93. The highest BCUT2D eigenvalue weighted by molar-refractivity contribution is 7.17. The lowest BCUT2D eigenvalue weighted by Gasteiger charge is -2.00. The maximum Gasteiger partial charge on any atom is 0.303 e. The summed E-state index contributed by atoms with van der Waals surface area (Å²) in [5, 5.41) is 11.8. The monoisotopic (exact) mass is 236 g/mol. The zero-order valence-corrected chi connectivity index (χ0v) is 9.71. The molecule has 0 unspecified atom stereocenters. The van der Waals surface area contributed by atoms with Crippen molar-refractivity contribution in [2.75, 3.05) is 7.11 Å². The summed E-state index contributed by atoms with van der Waals surface area (Å²) in [6.07, 6.45) is 0.763. The fourth-order valence-corrected chi connectivity index (χ4v) is 2.65. The SMILES string of the molecule is COc1ccc2c(CCC(=O)O)csc2c1. The number of benzene rings is 1. The molecule has 0 spiro atoms. The maximum absolute atomic E-state index is 10.5. The van der Waals surface area contributed by atoms with Crippen molar-refractivity contribution in [1.82, 2.24) is 0 Å². The van der Waals surface area contributed by atoms with Crippen molar-refractivity contribution in [3.05, 3.63) is 29.1 Å². The average molecular weight is 236 g/mol. The van der Waals surface area contributed by atoms with Gasteiger partial charge in [-0.15, -0.1) is 11.3 Å². The van der Waals surface area contributed by atoms with Crippen LogP contribution in [0.1, 0.15) is 12.0 Å². The molecule has 0 amide bonds. The Bertz CT molecular complexity index is 516. The van der Waals surface area contributed by atoms with Crippen LogP contribution in [0.15, 0.2) is 23.6 Å². The number of hydrogen-bond donors (Lipinski definition) is 1. The van der Waals surface area contributed by atoms with Gasteiger partial charge in [0, 0.05) is 11.1 Å². The molecule has 1 heterocycles. The molecular weight excluding hydrogens is 224 g/mol. The number of aliphatic carboxylic acids is 1. The summed E-state index contributed by atoms with van der Waals surface area (Å²) >= 11 is 1.62. The summed E-state index contributed by atoms with van der Waals surface area (Å²) in [4.78, 5) is 10.5. The van der Waals surface area contributed by atoms with E-state index in [1.807, 2.05) is 23.6 Å². The van der Waals surface area contributed by atoms with Crippen LogP contribution in [0.4, 0.5) is 0 Å². The van der Waals surface area contributed by atoms with Gasteiger partial charge in [0.15, 0.2) is 0 Å². The molecule has 1 aromatic heterocycles. The first-order valence-electron chi connectivity index (χ1n) is 4.96. The Balaban J connectivity index is 2.30. The van der Waals surface area contributed by atoms with Crippen molar-refractivity contribution < 1.29 is 14.6 Å². The van der Waals surface area contributed by atoms with Gasteiger partial charge in [0.2, 0.25) is 0 Å². The summed E-state index contributed by atoms with van der Waals surface area (Å²) in [6.45, 7) is 0. The van der Waals surface area contributed by atoms with Gasteiger partial charge in [-0.05, 0) is 40.9 Å². The quantitative estimate of drug-likeness (QED) is 0.887. The average Bonchev–Trinajstić information content (AvgIpc) is 2.68. The van der Waals surface area contributed by atoms with Crippen LogP contribution in [0.5, 0.6) is 5.75 Å². The van der Waals surface area contributed by atoms with Crippen molar-refractivity contribution >= 4 is 27.4 Å². The van der Waals surface area contributed by atoms with Gasteiger partial charge in [-0.2, -0.15) is 0 Å². The van der Waals surface area contributed by atoms with Gasteiger partial charge in [0.1, 0.15) is 5.75 Å². The molecule has 0 fully saturated rings. The standard InChI is InChI=1S/C12H12O3S/c1-15-9-3-4-10-8(2-5-12(13)14)7-16-11(10)6-9/h3-4,6-7H,2,5H2,1H3,(H,13,14). The van der Waals surface area contributed by atoms with Crippen LogP contribution in [0.3, 0.4) is 0 Å². The Hall–Kier alpha value is -1.55. The number of carboxylic acids is 1. The van der Waals surface area contributed by atoms with Crippen LogP contribution >= 0.6 is 11.3 Å². The van der Waals surface area contributed by atoms with Gasteiger partial charge in [0.25, 0.3) is 0 Å². The van der Waals surface area contributed by atoms with Gasteiger partial charge in [-0.25, -0.2) is 0 Å². The number of hydrogen-bond acceptors (Lipinski definition) is 3. The topological polar surface area (TPSA) is 46.5 Å². The zero-order chi connectivity index (χ0) is 11.5. The van der Waals surface area contributed by atoms with E-state index < -0.39 is 5.97 Å². The fraction of sp³-hybridized carbons (Fsp3) is 0.250. The highest BCUT2D eigenvalue weighted by Crippen LogP contribution is 2.30.